The monoisotopic (exact) mass is 545 g/mol. The van der Waals surface area contributed by atoms with E-state index in [0.29, 0.717) is 41.1 Å². The van der Waals surface area contributed by atoms with E-state index in [-0.39, 0.29) is 41.9 Å². The molecular formula is C27H33F2N5O3S. The Morgan fingerprint density at radius 2 is 1.61 bits per heavy atom. The highest BCUT2D eigenvalue weighted by Gasteiger charge is 2.45. The molecule has 3 heterocycles. The fourth-order valence-electron chi connectivity index (χ4n) is 5.59. The van der Waals surface area contributed by atoms with Gasteiger partial charge < -0.3 is 15.1 Å². The number of aryl methyl sites for hydroxylation is 1. The van der Waals surface area contributed by atoms with Crippen LogP contribution in [0.5, 0.6) is 0 Å². The lowest BCUT2D eigenvalue weighted by Gasteiger charge is -2.35. The third-order valence-electron chi connectivity index (χ3n) is 8.49. The number of halogens is 2. The highest BCUT2D eigenvalue weighted by molar-refractivity contribution is 7.92. The zero-order chi connectivity index (χ0) is 26.7. The molecule has 0 radical (unpaired) electrons. The molecule has 6 rings (SSSR count). The first kappa shape index (κ1) is 25.5. The summed E-state index contributed by atoms with van der Waals surface area (Å²) in [7, 11) is -3.41. The smallest absolute Gasteiger partial charge is 0.258 e. The van der Waals surface area contributed by atoms with E-state index in [1.807, 2.05) is 0 Å². The van der Waals surface area contributed by atoms with Crippen molar-refractivity contribution >= 4 is 33.2 Å². The van der Waals surface area contributed by atoms with Crippen LogP contribution >= 0.6 is 0 Å². The first-order valence-corrected chi connectivity index (χ1v) is 15.0. The van der Waals surface area contributed by atoms with Gasteiger partial charge in [-0.25, -0.2) is 22.2 Å². The first-order valence-electron chi connectivity index (χ1n) is 13.5. The molecule has 2 aliphatic heterocycles. The lowest BCUT2D eigenvalue weighted by atomic mass is 9.93. The van der Waals surface area contributed by atoms with E-state index in [0.717, 1.165) is 25.9 Å². The molecule has 204 valence electrons. The third-order valence-corrected chi connectivity index (χ3v) is 10.7. The van der Waals surface area contributed by atoms with Gasteiger partial charge in [0.2, 0.25) is 5.95 Å². The van der Waals surface area contributed by atoms with Crippen molar-refractivity contribution in [1.29, 1.82) is 0 Å². The SMILES string of the molecule is Cc1cc(NC(=O)c2ccc(S(=O)(=O)C3CC3)cc2N2CCC3(CC2)CC3)nc(N2CCC(F)(F)CC2)n1. The van der Waals surface area contributed by atoms with E-state index >= 15 is 0 Å². The van der Waals surface area contributed by atoms with E-state index in [4.69, 9.17) is 0 Å². The summed E-state index contributed by atoms with van der Waals surface area (Å²) < 4.78 is 53.3. The molecule has 0 unspecified atom stereocenters. The molecular weight excluding hydrogens is 512 g/mol. The number of alkyl halides is 2. The number of piperidine rings is 2. The maximum Gasteiger partial charge on any atom is 0.258 e. The largest absolute Gasteiger partial charge is 0.371 e. The molecule has 11 heteroatoms. The molecule has 1 spiro atoms. The van der Waals surface area contributed by atoms with Crippen LogP contribution < -0.4 is 15.1 Å². The summed E-state index contributed by atoms with van der Waals surface area (Å²) in [5.41, 5.74) is 2.06. The Bertz CT molecular complexity index is 1350. The van der Waals surface area contributed by atoms with Crippen LogP contribution in [0.2, 0.25) is 0 Å². The second-order valence-electron chi connectivity index (χ2n) is 11.4. The van der Waals surface area contributed by atoms with Crippen molar-refractivity contribution in [3.8, 4) is 0 Å². The lowest BCUT2D eigenvalue weighted by molar-refractivity contribution is -0.0222. The fraction of sp³-hybridized carbons (Fsp3) is 0.593. The van der Waals surface area contributed by atoms with Crippen LogP contribution in [0.15, 0.2) is 29.2 Å². The van der Waals surface area contributed by atoms with Gasteiger partial charge in [0.15, 0.2) is 9.84 Å². The number of nitrogens with one attached hydrogen (secondary N) is 1. The molecule has 38 heavy (non-hydrogen) atoms. The summed E-state index contributed by atoms with van der Waals surface area (Å²) in [6, 6.07) is 6.44. The van der Waals surface area contributed by atoms with E-state index in [9.17, 15) is 22.0 Å². The predicted octanol–water partition coefficient (Wildman–Crippen LogP) is 4.59. The van der Waals surface area contributed by atoms with E-state index in [1.54, 1.807) is 30.0 Å². The second kappa shape index (κ2) is 9.14. The summed E-state index contributed by atoms with van der Waals surface area (Å²) in [6.45, 7) is 3.61. The molecule has 2 aliphatic carbocycles. The number of carbonyl (C=O) groups is 1. The maximum absolute atomic E-state index is 13.6. The van der Waals surface area contributed by atoms with Crippen LogP contribution in [0.3, 0.4) is 0 Å². The van der Waals surface area contributed by atoms with Crippen molar-refractivity contribution in [3.63, 3.8) is 0 Å². The van der Waals surface area contributed by atoms with Gasteiger partial charge in [-0.15, -0.1) is 0 Å². The van der Waals surface area contributed by atoms with Gasteiger partial charge >= 0.3 is 0 Å². The summed E-state index contributed by atoms with van der Waals surface area (Å²) in [5, 5.41) is 2.52. The average Bonchev–Trinajstić information content (AvgIpc) is 3.80. The van der Waals surface area contributed by atoms with Crippen molar-refractivity contribution in [1.82, 2.24) is 9.97 Å². The molecule has 0 atom stereocenters. The average molecular weight is 546 g/mol. The van der Waals surface area contributed by atoms with Gasteiger partial charge in [0.05, 0.1) is 21.4 Å². The molecule has 0 bridgehead atoms. The van der Waals surface area contributed by atoms with Gasteiger partial charge in [0.25, 0.3) is 11.8 Å². The van der Waals surface area contributed by atoms with Crippen molar-refractivity contribution in [2.24, 2.45) is 5.41 Å². The number of aromatic nitrogens is 2. The zero-order valence-electron chi connectivity index (χ0n) is 21.5. The van der Waals surface area contributed by atoms with Crippen LogP contribution in [0.1, 0.15) is 67.4 Å². The van der Waals surface area contributed by atoms with Crippen LogP contribution in [-0.4, -0.2) is 61.6 Å². The summed E-state index contributed by atoms with van der Waals surface area (Å²) in [6.07, 6.45) is 5.40. The number of benzene rings is 1. The second-order valence-corrected chi connectivity index (χ2v) is 13.6. The number of sulfone groups is 1. The Balaban J connectivity index is 1.27. The minimum Gasteiger partial charge on any atom is -0.371 e. The Morgan fingerprint density at radius 1 is 0.947 bits per heavy atom. The maximum atomic E-state index is 13.6. The van der Waals surface area contributed by atoms with Crippen molar-refractivity contribution < 1.29 is 22.0 Å². The Morgan fingerprint density at radius 3 is 2.24 bits per heavy atom. The van der Waals surface area contributed by atoms with Crippen LogP contribution in [0.4, 0.5) is 26.2 Å². The van der Waals surface area contributed by atoms with Gasteiger partial charge in [0, 0.05) is 50.8 Å². The van der Waals surface area contributed by atoms with E-state index in [1.165, 1.54) is 18.9 Å². The standard InChI is InChI=1S/C27H33F2N5O3S/c1-18-16-23(32-25(30-18)34-14-10-27(28,29)11-15-34)31-24(35)21-5-4-20(38(36,37)19-2-3-19)17-22(21)33-12-8-26(6-7-26)9-13-33/h4-5,16-17,19H,2-3,6-15H2,1H3,(H,30,31,32,35). The zero-order valence-corrected chi connectivity index (χ0v) is 22.4. The molecule has 1 amide bonds. The summed E-state index contributed by atoms with van der Waals surface area (Å²) in [5.74, 6) is -2.48. The number of nitrogens with zero attached hydrogens (tertiary/aromatic N) is 4. The topological polar surface area (TPSA) is 95.5 Å². The highest BCUT2D eigenvalue weighted by atomic mass is 32.2. The van der Waals surface area contributed by atoms with Crippen molar-refractivity contribution in [2.75, 3.05) is 41.3 Å². The van der Waals surface area contributed by atoms with Crippen LogP contribution in [-0.2, 0) is 9.84 Å². The number of hydrogen-bond acceptors (Lipinski definition) is 7. The Hall–Kier alpha value is -2.82. The summed E-state index contributed by atoms with van der Waals surface area (Å²) >= 11 is 0. The van der Waals surface area contributed by atoms with Crippen LogP contribution in [0, 0.1) is 12.3 Å². The van der Waals surface area contributed by atoms with Gasteiger partial charge in [0.1, 0.15) is 5.82 Å². The quantitative estimate of drug-likeness (QED) is 0.567. The first-order chi connectivity index (χ1) is 18.0. The van der Waals surface area contributed by atoms with Crippen molar-refractivity contribution in [2.45, 2.75) is 74.4 Å². The van der Waals surface area contributed by atoms with E-state index in [2.05, 4.69) is 20.2 Å². The number of amides is 1. The molecule has 4 fully saturated rings. The fourth-order valence-corrected chi connectivity index (χ4v) is 7.26. The number of hydrogen-bond donors (Lipinski definition) is 1. The summed E-state index contributed by atoms with van der Waals surface area (Å²) in [4.78, 5) is 26.5. The normalized spacial score (nSPS) is 22.4. The third kappa shape index (κ3) is 5.09. The molecule has 1 aromatic heterocycles. The molecule has 4 aliphatic rings. The number of rotatable bonds is 6. The molecule has 8 nitrogen and oxygen atoms in total. The molecule has 1 aromatic carbocycles. The van der Waals surface area contributed by atoms with Crippen molar-refractivity contribution in [3.05, 3.63) is 35.5 Å². The minimum absolute atomic E-state index is 0.140. The van der Waals surface area contributed by atoms with Gasteiger partial charge in [-0.05, 0) is 69.1 Å². The van der Waals surface area contributed by atoms with E-state index < -0.39 is 21.7 Å². The predicted molar refractivity (Wildman–Crippen MR) is 141 cm³/mol. The minimum atomic E-state index is -3.41. The highest BCUT2D eigenvalue weighted by Crippen LogP contribution is 2.54. The van der Waals surface area contributed by atoms with Gasteiger partial charge in [-0.3, -0.25) is 4.79 Å². The van der Waals surface area contributed by atoms with Gasteiger partial charge in [-0.1, -0.05) is 0 Å². The lowest BCUT2D eigenvalue weighted by Crippen LogP contribution is -2.40. The molecule has 2 saturated heterocycles. The molecule has 1 N–H and O–H groups in total. The Kier molecular flexibility index (Phi) is 6.12. The molecule has 2 saturated carbocycles. The van der Waals surface area contributed by atoms with Gasteiger partial charge in [-0.2, -0.15) is 4.98 Å². The number of carbonyl (C=O) groups excluding carboxylic acids is 1. The molecule has 2 aromatic rings. The van der Waals surface area contributed by atoms with Crippen LogP contribution in [0.25, 0.3) is 0 Å². The Labute approximate surface area is 221 Å². The number of anilines is 3.